The molecule has 2 amide bonds. The molecule has 48 valence electrons. The zero-order valence-corrected chi connectivity index (χ0v) is 4.90. The molecule has 0 fully saturated rings. The van der Waals surface area contributed by atoms with E-state index in [2.05, 4.69) is 0 Å². The van der Waals surface area contributed by atoms with Crippen LogP contribution in [0.4, 0.5) is 0 Å². The Balaban J connectivity index is 3.06. The lowest BCUT2D eigenvalue weighted by Crippen LogP contribution is -2.22. The number of rotatable bonds is 0. The fraction of sp³-hybridized carbons (Fsp3) is 0. The summed E-state index contributed by atoms with van der Waals surface area (Å²) in [6, 6.07) is 0. The maximum absolute atomic E-state index is 10.3. The Morgan fingerprint density at radius 2 is 1.89 bits per heavy atom. The molecule has 1 aliphatic heterocycles. The molecule has 0 aliphatic carbocycles. The molecule has 2 N–H and O–H groups in total. The van der Waals surface area contributed by atoms with E-state index in [0.717, 1.165) is 0 Å². The van der Waals surface area contributed by atoms with E-state index in [0.29, 0.717) is 0 Å². The van der Waals surface area contributed by atoms with Crippen LogP contribution in [0.5, 0.6) is 0 Å². The van der Waals surface area contributed by atoms with Crippen molar-refractivity contribution < 1.29 is 14.7 Å². The lowest BCUT2D eigenvalue weighted by Gasteiger charge is -1.83. The van der Waals surface area contributed by atoms with E-state index in [-0.39, 0.29) is 0 Å². The number of hydrogen-bond donors (Lipinski definition) is 2. The van der Waals surface area contributed by atoms with Crippen LogP contribution in [0.15, 0.2) is 10.8 Å². The standard InChI is InChI=1S/C4H2ClNO3/c5-1-2(7)4(9)6-3(1)8/h(H2,6,7,8,9). The monoisotopic (exact) mass is 147 g/mol. The van der Waals surface area contributed by atoms with Crippen LogP contribution < -0.4 is 5.32 Å². The van der Waals surface area contributed by atoms with Crippen LogP contribution in [0.25, 0.3) is 0 Å². The molecular weight excluding hydrogens is 146 g/mol. The van der Waals surface area contributed by atoms with Crippen molar-refractivity contribution in [3.05, 3.63) is 10.8 Å². The van der Waals surface area contributed by atoms with Gasteiger partial charge in [0.25, 0.3) is 11.8 Å². The van der Waals surface area contributed by atoms with Gasteiger partial charge < -0.3 is 5.11 Å². The number of hydrogen-bond acceptors (Lipinski definition) is 3. The first-order valence-corrected chi connectivity index (χ1v) is 2.45. The van der Waals surface area contributed by atoms with Gasteiger partial charge in [0.1, 0.15) is 0 Å². The Labute approximate surface area is 55.1 Å². The average molecular weight is 148 g/mol. The van der Waals surface area contributed by atoms with Gasteiger partial charge in [-0.1, -0.05) is 11.6 Å². The maximum Gasteiger partial charge on any atom is 0.294 e. The molecule has 5 heteroatoms. The van der Waals surface area contributed by atoms with Crippen LogP contribution in [0, 0.1) is 0 Å². The highest BCUT2D eigenvalue weighted by molar-refractivity contribution is 6.47. The first-order chi connectivity index (χ1) is 4.13. The first-order valence-electron chi connectivity index (χ1n) is 2.07. The molecule has 1 rings (SSSR count). The number of aliphatic hydroxyl groups is 1. The molecule has 0 spiro atoms. The molecule has 0 aromatic carbocycles. The van der Waals surface area contributed by atoms with Crippen LogP contribution in [-0.4, -0.2) is 16.9 Å². The van der Waals surface area contributed by atoms with Gasteiger partial charge in [-0.05, 0) is 0 Å². The molecule has 0 aromatic rings. The van der Waals surface area contributed by atoms with E-state index in [1.54, 1.807) is 5.32 Å². The summed E-state index contributed by atoms with van der Waals surface area (Å²) < 4.78 is 0. The minimum atomic E-state index is -0.843. The molecule has 9 heavy (non-hydrogen) atoms. The smallest absolute Gasteiger partial charge is 0.294 e. The molecule has 0 bridgehead atoms. The minimum absolute atomic E-state index is 0.444. The van der Waals surface area contributed by atoms with Crippen molar-refractivity contribution >= 4 is 23.4 Å². The molecule has 0 saturated heterocycles. The van der Waals surface area contributed by atoms with Gasteiger partial charge in [0.05, 0.1) is 0 Å². The lowest BCUT2D eigenvalue weighted by molar-refractivity contribution is -0.125. The number of halogens is 1. The Kier molecular flexibility index (Phi) is 1.17. The van der Waals surface area contributed by atoms with Crippen molar-refractivity contribution in [2.24, 2.45) is 0 Å². The van der Waals surface area contributed by atoms with Crippen molar-refractivity contribution in [3.63, 3.8) is 0 Å². The number of amides is 2. The van der Waals surface area contributed by atoms with Crippen LogP contribution >= 0.6 is 11.6 Å². The third kappa shape index (κ3) is 0.768. The lowest BCUT2D eigenvalue weighted by atomic mass is 10.5. The van der Waals surface area contributed by atoms with Gasteiger partial charge in [0.15, 0.2) is 5.03 Å². The Bertz CT molecular complexity index is 198. The second kappa shape index (κ2) is 1.73. The third-order valence-corrected chi connectivity index (χ3v) is 1.20. The van der Waals surface area contributed by atoms with Gasteiger partial charge in [-0.3, -0.25) is 14.9 Å². The zero-order valence-electron chi connectivity index (χ0n) is 4.14. The molecule has 0 aromatic heterocycles. The molecule has 1 heterocycles. The highest BCUT2D eigenvalue weighted by Gasteiger charge is 2.28. The van der Waals surface area contributed by atoms with Crippen molar-refractivity contribution in [2.75, 3.05) is 0 Å². The van der Waals surface area contributed by atoms with Gasteiger partial charge in [-0.2, -0.15) is 0 Å². The first kappa shape index (κ1) is 6.10. The van der Waals surface area contributed by atoms with Gasteiger partial charge in [0.2, 0.25) is 5.76 Å². The Morgan fingerprint density at radius 3 is 2.00 bits per heavy atom. The van der Waals surface area contributed by atoms with E-state index in [4.69, 9.17) is 16.7 Å². The summed E-state index contributed by atoms with van der Waals surface area (Å²) in [5.74, 6) is -2.30. The SMILES string of the molecule is O=C1NC(=O)C(Cl)=C1O. The van der Waals surface area contributed by atoms with Crippen molar-refractivity contribution in [3.8, 4) is 0 Å². The molecule has 0 saturated carbocycles. The predicted octanol–water partition coefficient (Wildman–Crippen LogP) is -0.349. The van der Waals surface area contributed by atoms with Crippen LogP contribution in [0.2, 0.25) is 0 Å². The molecule has 0 unspecified atom stereocenters. The fourth-order valence-corrected chi connectivity index (χ4v) is 0.557. The van der Waals surface area contributed by atoms with E-state index in [9.17, 15) is 9.59 Å². The quantitative estimate of drug-likeness (QED) is 0.461. The molecule has 1 aliphatic rings. The summed E-state index contributed by atoms with van der Waals surface area (Å²) in [5, 5.41) is 9.89. The molecule has 4 nitrogen and oxygen atoms in total. The summed E-state index contributed by atoms with van der Waals surface area (Å²) in [6.07, 6.45) is 0. The summed E-state index contributed by atoms with van der Waals surface area (Å²) >= 11 is 5.10. The largest absolute Gasteiger partial charge is 0.502 e. The number of imide groups is 1. The Morgan fingerprint density at radius 1 is 1.33 bits per heavy atom. The van der Waals surface area contributed by atoms with Crippen molar-refractivity contribution in [1.82, 2.24) is 5.32 Å². The maximum atomic E-state index is 10.3. The molecule has 0 radical (unpaired) electrons. The molecule has 0 atom stereocenters. The fourth-order valence-electron chi connectivity index (χ4n) is 0.424. The van der Waals surface area contributed by atoms with Crippen molar-refractivity contribution in [2.45, 2.75) is 0 Å². The summed E-state index contributed by atoms with van der Waals surface area (Å²) in [7, 11) is 0. The summed E-state index contributed by atoms with van der Waals surface area (Å²) in [4.78, 5) is 20.6. The average Bonchev–Trinajstić information content (AvgIpc) is 1.98. The Hall–Kier alpha value is -1.03. The predicted molar refractivity (Wildman–Crippen MR) is 28.7 cm³/mol. The van der Waals surface area contributed by atoms with Crippen LogP contribution in [0.3, 0.4) is 0 Å². The number of nitrogens with one attached hydrogen (secondary N) is 1. The third-order valence-electron chi connectivity index (χ3n) is 0.849. The van der Waals surface area contributed by atoms with E-state index >= 15 is 0 Å². The number of carbonyl (C=O) groups is 2. The topological polar surface area (TPSA) is 66.4 Å². The van der Waals surface area contributed by atoms with E-state index < -0.39 is 22.6 Å². The normalized spacial score (nSPS) is 18.8. The van der Waals surface area contributed by atoms with Crippen LogP contribution in [-0.2, 0) is 9.59 Å². The molecular formula is C4H2ClNO3. The number of carbonyl (C=O) groups excluding carboxylic acids is 2. The second-order valence-electron chi connectivity index (χ2n) is 1.45. The summed E-state index contributed by atoms with van der Waals surface area (Å²) in [5.41, 5.74) is 0. The van der Waals surface area contributed by atoms with Gasteiger partial charge >= 0.3 is 0 Å². The van der Waals surface area contributed by atoms with E-state index in [1.165, 1.54) is 0 Å². The summed E-state index contributed by atoms with van der Waals surface area (Å²) in [6.45, 7) is 0. The van der Waals surface area contributed by atoms with Gasteiger partial charge in [0, 0.05) is 0 Å². The second-order valence-corrected chi connectivity index (χ2v) is 1.82. The van der Waals surface area contributed by atoms with E-state index in [1.807, 2.05) is 0 Å². The highest BCUT2D eigenvalue weighted by atomic mass is 35.5. The van der Waals surface area contributed by atoms with Crippen molar-refractivity contribution in [1.29, 1.82) is 0 Å². The van der Waals surface area contributed by atoms with Gasteiger partial charge in [-0.15, -0.1) is 0 Å². The van der Waals surface area contributed by atoms with Crippen LogP contribution in [0.1, 0.15) is 0 Å². The zero-order chi connectivity index (χ0) is 7.02. The van der Waals surface area contributed by atoms with Gasteiger partial charge in [-0.25, -0.2) is 0 Å². The minimum Gasteiger partial charge on any atom is -0.502 e. The number of aliphatic hydroxyl groups excluding tert-OH is 1. The highest BCUT2D eigenvalue weighted by Crippen LogP contribution is 2.12.